The molecular formula is C19H23F4NO4. The first kappa shape index (κ1) is 22.0. The van der Waals surface area contributed by atoms with Crippen molar-refractivity contribution < 1.29 is 36.6 Å². The molecule has 1 aliphatic carbocycles. The van der Waals surface area contributed by atoms with E-state index in [0.29, 0.717) is 12.8 Å². The highest BCUT2D eigenvalue weighted by molar-refractivity contribution is 5.95. The first-order chi connectivity index (χ1) is 12.8. The molecule has 0 heterocycles. The fraction of sp³-hybridized carbons (Fsp3) is 0.579. The zero-order chi connectivity index (χ0) is 21.3. The molecule has 156 valence electrons. The normalized spacial score (nSPS) is 23.3. The fourth-order valence-electron chi connectivity index (χ4n) is 3.33. The van der Waals surface area contributed by atoms with E-state index < -0.39 is 46.9 Å². The number of carbonyl (C=O) groups is 2. The molecule has 1 aliphatic rings. The monoisotopic (exact) mass is 405 g/mol. The van der Waals surface area contributed by atoms with E-state index in [1.165, 1.54) is 6.07 Å². The van der Waals surface area contributed by atoms with Crippen molar-refractivity contribution in [3.05, 3.63) is 29.6 Å². The van der Waals surface area contributed by atoms with E-state index in [9.17, 15) is 27.2 Å². The van der Waals surface area contributed by atoms with Gasteiger partial charge in [0.1, 0.15) is 11.1 Å². The fourth-order valence-corrected chi connectivity index (χ4v) is 3.33. The third-order valence-corrected chi connectivity index (χ3v) is 4.42. The molecule has 0 aromatic heterocycles. The van der Waals surface area contributed by atoms with E-state index in [0.717, 1.165) is 12.1 Å². The first-order valence-electron chi connectivity index (χ1n) is 8.85. The zero-order valence-corrected chi connectivity index (χ0v) is 16.1. The van der Waals surface area contributed by atoms with Gasteiger partial charge in [-0.05, 0) is 46.1 Å². The van der Waals surface area contributed by atoms with Crippen LogP contribution >= 0.6 is 0 Å². The molecule has 0 radical (unpaired) electrons. The number of hydrogen-bond donors (Lipinski definition) is 1. The molecule has 1 saturated carbocycles. The maximum Gasteiger partial charge on any atom is 0.573 e. The summed E-state index contributed by atoms with van der Waals surface area (Å²) < 4.78 is 61.6. The van der Waals surface area contributed by atoms with E-state index >= 15 is 0 Å². The Kier molecular flexibility index (Phi) is 5.96. The van der Waals surface area contributed by atoms with Crippen LogP contribution in [-0.4, -0.2) is 23.8 Å². The van der Waals surface area contributed by atoms with Crippen molar-refractivity contribution in [3.63, 3.8) is 0 Å². The molecule has 1 amide bonds. The SMILES string of the molecule is CC1CCC[C@@](NC(=O)OC(C)(C)C)(c2cccc(OC(F)(F)F)c2F)C1=O. The van der Waals surface area contributed by atoms with Crippen LogP contribution in [-0.2, 0) is 15.1 Å². The molecule has 1 aromatic carbocycles. The minimum absolute atomic E-state index is 0.0296. The van der Waals surface area contributed by atoms with Crippen molar-refractivity contribution in [1.82, 2.24) is 5.32 Å². The summed E-state index contributed by atoms with van der Waals surface area (Å²) in [7, 11) is 0. The average Bonchev–Trinajstić information content (AvgIpc) is 2.51. The average molecular weight is 405 g/mol. The van der Waals surface area contributed by atoms with Gasteiger partial charge in [0, 0.05) is 11.5 Å². The Morgan fingerprint density at radius 3 is 2.46 bits per heavy atom. The van der Waals surface area contributed by atoms with E-state index in [4.69, 9.17) is 4.74 Å². The summed E-state index contributed by atoms with van der Waals surface area (Å²) in [5.74, 6) is -3.43. The van der Waals surface area contributed by atoms with Crippen molar-refractivity contribution in [2.24, 2.45) is 5.92 Å². The summed E-state index contributed by atoms with van der Waals surface area (Å²) >= 11 is 0. The number of nitrogens with one attached hydrogen (secondary N) is 1. The van der Waals surface area contributed by atoms with Gasteiger partial charge >= 0.3 is 12.5 Å². The van der Waals surface area contributed by atoms with Crippen LogP contribution in [0.4, 0.5) is 22.4 Å². The summed E-state index contributed by atoms with van der Waals surface area (Å²) in [5, 5.41) is 2.43. The maximum atomic E-state index is 15.0. The Morgan fingerprint density at radius 1 is 1.25 bits per heavy atom. The van der Waals surface area contributed by atoms with Crippen LogP contribution in [0, 0.1) is 11.7 Å². The summed E-state index contributed by atoms with van der Waals surface area (Å²) in [6.45, 7) is 6.47. The topological polar surface area (TPSA) is 64.6 Å². The molecule has 1 unspecified atom stereocenters. The Hall–Kier alpha value is -2.32. The van der Waals surface area contributed by atoms with Crippen LogP contribution in [0.25, 0.3) is 0 Å². The number of ether oxygens (including phenoxy) is 2. The van der Waals surface area contributed by atoms with E-state index in [1.54, 1.807) is 27.7 Å². The number of rotatable bonds is 3. The molecule has 0 bridgehead atoms. The third kappa shape index (κ3) is 4.94. The molecule has 0 saturated heterocycles. The van der Waals surface area contributed by atoms with Crippen molar-refractivity contribution >= 4 is 11.9 Å². The lowest BCUT2D eigenvalue weighted by molar-refractivity contribution is -0.275. The van der Waals surface area contributed by atoms with Crippen molar-refractivity contribution in [2.75, 3.05) is 0 Å². The van der Waals surface area contributed by atoms with Gasteiger partial charge in [-0.3, -0.25) is 4.79 Å². The minimum Gasteiger partial charge on any atom is -0.444 e. The molecule has 1 N–H and O–H groups in total. The lowest BCUT2D eigenvalue weighted by Crippen LogP contribution is -2.56. The Bertz CT molecular complexity index is 757. The van der Waals surface area contributed by atoms with Crippen molar-refractivity contribution in [3.8, 4) is 5.75 Å². The number of carbonyl (C=O) groups excluding carboxylic acids is 2. The van der Waals surface area contributed by atoms with Gasteiger partial charge in [0.2, 0.25) is 0 Å². The van der Waals surface area contributed by atoms with Crippen LogP contribution < -0.4 is 10.1 Å². The summed E-state index contributed by atoms with van der Waals surface area (Å²) in [5.41, 5.74) is -3.10. The quantitative estimate of drug-likeness (QED) is 0.732. The highest BCUT2D eigenvalue weighted by Crippen LogP contribution is 2.41. The standard InChI is InChI=1S/C19H23F4NO4/c1-11-7-6-10-18(15(11)25,24-16(26)28-17(2,3)4)12-8-5-9-13(14(12)20)27-19(21,22)23/h5,8-9,11H,6-7,10H2,1-4H3,(H,24,26)/t11?,18-/m1/s1. The number of ketones is 1. The molecule has 9 heteroatoms. The van der Waals surface area contributed by atoms with Crippen LogP contribution in [0.3, 0.4) is 0 Å². The number of alkyl halides is 3. The highest BCUT2D eigenvalue weighted by Gasteiger charge is 2.49. The van der Waals surface area contributed by atoms with E-state index in [1.807, 2.05) is 0 Å². The Balaban J connectivity index is 2.53. The van der Waals surface area contributed by atoms with Gasteiger partial charge in [-0.15, -0.1) is 13.2 Å². The Morgan fingerprint density at radius 2 is 1.89 bits per heavy atom. The van der Waals surface area contributed by atoms with E-state index in [2.05, 4.69) is 10.1 Å². The molecule has 2 atom stereocenters. The van der Waals surface area contributed by atoms with Gasteiger partial charge in [-0.1, -0.05) is 19.1 Å². The molecule has 2 rings (SSSR count). The lowest BCUT2D eigenvalue weighted by atomic mass is 9.71. The predicted molar refractivity (Wildman–Crippen MR) is 92.2 cm³/mol. The summed E-state index contributed by atoms with van der Waals surface area (Å²) in [6, 6.07) is 3.13. The Labute approximate surface area is 160 Å². The number of hydrogen-bond acceptors (Lipinski definition) is 4. The van der Waals surface area contributed by atoms with Gasteiger partial charge in [0.05, 0.1) is 0 Å². The maximum absolute atomic E-state index is 15.0. The number of amides is 1. The summed E-state index contributed by atoms with van der Waals surface area (Å²) in [6.07, 6.45) is -5.04. The molecule has 28 heavy (non-hydrogen) atoms. The molecule has 0 aliphatic heterocycles. The van der Waals surface area contributed by atoms with Crippen LogP contribution in [0.1, 0.15) is 52.5 Å². The minimum atomic E-state index is -5.10. The van der Waals surface area contributed by atoms with Crippen LogP contribution in [0.2, 0.25) is 0 Å². The molecule has 1 aromatic rings. The van der Waals surface area contributed by atoms with Gasteiger partial charge in [-0.25, -0.2) is 9.18 Å². The lowest BCUT2D eigenvalue weighted by Gasteiger charge is -2.40. The molecule has 5 nitrogen and oxygen atoms in total. The van der Waals surface area contributed by atoms with Crippen LogP contribution in [0.5, 0.6) is 5.75 Å². The van der Waals surface area contributed by atoms with Gasteiger partial charge < -0.3 is 14.8 Å². The molecule has 1 fully saturated rings. The third-order valence-electron chi connectivity index (χ3n) is 4.42. The number of Topliss-reactive ketones (excluding diaryl/α,β-unsaturated/α-hetero) is 1. The largest absolute Gasteiger partial charge is 0.573 e. The predicted octanol–water partition coefficient (Wildman–Crippen LogP) is 4.83. The molecule has 0 spiro atoms. The second-order valence-corrected chi connectivity index (χ2v) is 7.86. The van der Waals surface area contributed by atoms with Gasteiger partial charge in [0.15, 0.2) is 17.3 Å². The van der Waals surface area contributed by atoms with Crippen molar-refractivity contribution in [2.45, 2.75) is 64.5 Å². The second-order valence-electron chi connectivity index (χ2n) is 7.86. The van der Waals surface area contributed by atoms with Gasteiger partial charge in [-0.2, -0.15) is 0 Å². The number of alkyl carbamates (subject to hydrolysis) is 1. The van der Waals surface area contributed by atoms with Gasteiger partial charge in [0.25, 0.3) is 0 Å². The van der Waals surface area contributed by atoms with Crippen molar-refractivity contribution in [1.29, 1.82) is 0 Å². The summed E-state index contributed by atoms with van der Waals surface area (Å²) in [4.78, 5) is 25.4. The highest BCUT2D eigenvalue weighted by atomic mass is 19.4. The van der Waals surface area contributed by atoms with Crippen LogP contribution in [0.15, 0.2) is 18.2 Å². The number of benzene rings is 1. The number of halogens is 4. The zero-order valence-electron chi connectivity index (χ0n) is 16.1. The second kappa shape index (κ2) is 7.60. The van der Waals surface area contributed by atoms with E-state index in [-0.39, 0.29) is 12.0 Å². The molecular weight excluding hydrogens is 382 g/mol. The first-order valence-corrected chi connectivity index (χ1v) is 8.85. The smallest absolute Gasteiger partial charge is 0.444 e.